The lowest BCUT2D eigenvalue weighted by Gasteiger charge is -2.53. The van der Waals surface area contributed by atoms with E-state index in [4.69, 9.17) is 0 Å². The van der Waals surface area contributed by atoms with Gasteiger partial charge >= 0.3 is 0 Å². The number of halogens is 1. The number of fused-ring (bicyclic) bond motifs is 2. The molecule has 5 rings (SSSR count). The lowest BCUT2D eigenvalue weighted by Crippen LogP contribution is -2.66. The Balaban J connectivity index is 1.38. The molecule has 0 unspecified atom stereocenters. The van der Waals surface area contributed by atoms with E-state index < -0.39 is 11.7 Å². The molecule has 0 amide bonds. The van der Waals surface area contributed by atoms with Gasteiger partial charge < -0.3 is 10.0 Å². The van der Waals surface area contributed by atoms with E-state index in [1.54, 1.807) is 29.2 Å². The molecule has 0 radical (unpaired) electrons. The first-order valence-corrected chi connectivity index (χ1v) is 10.9. The summed E-state index contributed by atoms with van der Waals surface area (Å²) in [4.78, 5) is 4.15. The fraction of sp³-hybridized carbons (Fsp3) is 0.478. The van der Waals surface area contributed by atoms with Crippen molar-refractivity contribution in [1.82, 2.24) is 30.1 Å². The number of hydrogen-bond acceptors (Lipinski definition) is 7. The molecule has 2 aromatic heterocycles. The summed E-state index contributed by atoms with van der Waals surface area (Å²) in [7, 11) is 3.94. The number of rotatable bonds is 4. The Bertz CT molecular complexity index is 1120. The van der Waals surface area contributed by atoms with E-state index in [1.165, 1.54) is 0 Å². The predicted octanol–water partition coefficient (Wildman–Crippen LogP) is 3.22. The van der Waals surface area contributed by atoms with Gasteiger partial charge in [-0.15, -0.1) is 15.3 Å². The average Bonchev–Trinajstić information content (AvgIpc) is 3.39. The van der Waals surface area contributed by atoms with Crippen LogP contribution in [0.3, 0.4) is 0 Å². The van der Waals surface area contributed by atoms with Crippen molar-refractivity contribution in [2.75, 3.05) is 19.0 Å². The van der Waals surface area contributed by atoms with Gasteiger partial charge in [0.2, 0.25) is 0 Å². The first-order chi connectivity index (χ1) is 15.2. The van der Waals surface area contributed by atoms with E-state index >= 15 is 4.39 Å². The van der Waals surface area contributed by atoms with Crippen LogP contribution in [-0.4, -0.2) is 72.6 Å². The third-order valence-electron chi connectivity index (χ3n) is 7.78. The second kappa shape index (κ2) is 7.23. The molecule has 1 N–H and O–H groups in total. The van der Waals surface area contributed by atoms with Crippen molar-refractivity contribution in [3.05, 3.63) is 42.7 Å². The molecule has 4 heterocycles. The van der Waals surface area contributed by atoms with Gasteiger partial charge in [0, 0.05) is 24.2 Å². The molecular weight excluding hydrogens is 409 g/mol. The smallest absolute Gasteiger partial charge is 0.151 e. The van der Waals surface area contributed by atoms with Crippen LogP contribution in [0.4, 0.5) is 10.2 Å². The predicted molar refractivity (Wildman–Crippen MR) is 120 cm³/mol. The Hall–Kier alpha value is -3.07. The Kier molecular flexibility index (Phi) is 4.70. The van der Waals surface area contributed by atoms with E-state index in [2.05, 4.69) is 32.3 Å². The van der Waals surface area contributed by atoms with E-state index in [9.17, 15) is 5.11 Å². The fourth-order valence-corrected chi connectivity index (χ4v) is 5.39. The van der Waals surface area contributed by atoms with Crippen LogP contribution in [0, 0.1) is 0 Å². The van der Waals surface area contributed by atoms with Gasteiger partial charge in [-0.2, -0.15) is 0 Å². The number of nitrogens with zero attached hydrogens (tertiary/aromatic N) is 7. The monoisotopic (exact) mass is 437 g/mol. The van der Waals surface area contributed by atoms with Gasteiger partial charge in [0.1, 0.15) is 11.9 Å². The molecule has 32 heavy (non-hydrogen) atoms. The minimum atomic E-state index is -0.983. The van der Waals surface area contributed by atoms with Crippen LogP contribution in [0.1, 0.15) is 33.1 Å². The highest BCUT2D eigenvalue weighted by molar-refractivity contribution is 5.69. The Labute approximate surface area is 186 Å². The molecule has 0 aliphatic carbocycles. The van der Waals surface area contributed by atoms with E-state index in [-0.39, 0.29) is 17.3 Å². The van der Waals surface area contributed by atoms with Gasteiger partial charge in [0.05, 0.1) is 35.4 Å². The van der Waals surface area contributed by atoms with Crippen LogP contribution in [0.5, 0.6) is 5.75 Å². The first-order valence-electron chi connectivity index (χ1n) is 10.9. The van der Waals surface area contributed by atoms with Gasteiger partial charge in [-0.3, -0.25) is 4.90 Å². The van der Waals surface area contributed by atoms with E-state index in [0.717, 1.165) is 19.3 Å². The Morgan fingerprint density at radius 3 is 2.62 bits per heavy atom. The molecule has 3 aromatic rings. The summed E-state index contributed by atoms with van der Waals surface area (Å²) in [6, 6.07) is 8.59. The van der Waals surface area contributed by atoms with Gasteiger partial charge in [-0.05, 0) is 64.4 Å². The summed E-state index contributed by atoms with van der Waals surface area (Å²) >= 11 is 0. The molecular formula is C23H28FN7O. The quantitative estimate of drug-likeness (QED) is 0.671. The summed E-state index contributed by atoms with van der Waals surface area (Å²) in [6.45, 7) is 4.26. The Morgan fingerprint density at radius 1 is 1.16 bits per heavy atom. The highest BCUT2D eigenvalue weighted by Crippen LogP contribution is 2.51. The molecule has 168 valence electrons. The molecule has 2 fully saturated rings. The van der Waals surface area contributed by atoms with Crippen LogP contribution >= 0.6 is 0 Å². The van der Waals surface area contributed by atoms with Crippen molar-refractivity contribution in [3.63, 3.8) is 0 Å². The Morgan fingerprint density at radius 2 is 1.97 bits per heavy atom. The number of benzene rings is 1. The summed E-state index contributed by atoms with van der Waals surface area (Å²) in [5.41, 5.74) is 1.33. The number of phenolic OH excluding ortho intramolecular Hbond substituents is 1. The summed E-state index contributed by atoms with van der Waals surface area (Å²) in [5.74, 6) is 0.696. The zero-order chi connectivity index (χ0) is 22.7. The van der Waals surface area contributed by atoms with Gasteiger partial charge in [-0.25, -0.2) is 9.07 Å². The molecule has 8 nitrogen and oxygen atoms in total. The van der Waals surface area contributed by atoms with Crippen molar-refractivity contribution in [2.45, 2.75) is 56.4 Å². The molecule has 0 saturated carbocycles. The SMILES string of the molecule is CN(c1ccc(-c2ccc(-n3ccnn3)cc2O)nn1)[C@H]1C[C@]2(C)CC[C@](C)([C@@H]1F)N2C. The number of alkyl halides is 1. The number of anilines is 1. The standard InChI is InChI=1S/C23H28FN7O/c1-22-9-10-23(2,30(22)4)21(24)18(14-22)29(3)20-8-7-17(26-27-20)16-6-5-15(13-19(16)32)31-12-11-25-28-31/h5-8,11-13,18,21,32H,9-10,14H2,1-4H3/t18-,21+,22-,23+/m0/s1. The molecule has 2 saturated heterocycles. The molecule has 4 atom stereocenters. The number of hydrogen-bond donors (Lipinski definition) is 1. The maximum Gasteiger partial charge on any atom is 0.151 e. The van der Waals surface area contributed by atoms with Crippen LogP contribution in [-0.2, 0) is 0 Å². The number of phenols is 1. The topological polar surface area (TPSA) is 83.2 Å². The fourth-order valence-electron chi connectivity index (χ4n) is 5.39. The summed E-state index contributed by atoms with van der Waals surface area (Å²) in [6.07, 6.45) is 4.89. The summed E-state index contributed by atoms with van der Waals surface area (Å²) < 4.78 is 17.2. The third-order valence-corrected chi connectivity index (χ3v) is 7.78. The van der Waals surface area contributed by atoms with Gasteiger partial charge in [-0.1, -0.05) is 5.21 Å². The highest BCUT2D eigenvalue weighted by atomic mass is 19.1. The lowest BCUT2D eigenvalue weighted by molar-refractivity contribution is -0.0359. The van der Waals surface area contributed by atoms with Crippen molar-refractivity contribution < 1.29 is 9.50 Å². The zero-order valence-corrected chi connectivity index (χ0v) is 18.8. The van der Waals surface area contributed by atoms with Crippen LogP contribution < -0.4 is 4.90 Å². The minimum Gasteiger partial charge on any atom is -0.507 e. The maximum absolute atomic E-state index is 15.7. The molecule has 9 heteroatoms. The van der Waals surface area contributed by atoms with Crippen LogP contribution in [0.2, 0.25) is 0 Å². The minimum absolute atomic E-state index is 0.0126. The van der Waals surface area contributed by atoms with Crippen LogP contribution in [0.15, 0.2) is 42.7 Å². The second-order valence-electron chi connectivity index (χ2n) is 9.52. The van der Waals surface area contributed by atoms with E-state index in [0.29, 0.717) is 22.8 Å². The molecule has 2 bridgehead atoms. The zero-order valence-electron chi connectivity index (χ0n) is 18.8. The number of aromatic nitrogens is 5. The summed E-state index contributed by atoms with van der Waals surface area (Å²) in [5, 5.41) is 26.9. The maximum atomic E-state index is 15.7. The molecule has 0 spiro atoms. The number of aromatic hydroxyl groups is 1. The molecule has 2 aliphatic heterocycles. The average molecular weight is 438 g/mol. The third kappa shape index (κ3) is 3.06. The lowest BCUT2D eigenvalue weighted by atomic mass is 9.80. The van der Waals surface area contributed by atoms with Crippen molar-refractivity contribution in [2.24, 2.45) is 0 Å². The van der Waals surface area contributed by atoms with Gasteiger partial charge in [0.25, 0.3) is 0 Å². The van der Waals surface area contributed by atoms with Crippen molar-refractivity contribution in [1.29, 1.82) is 0 Å². The van der Waals surface area contributed by atoms with Gasteiger partial charge in [0.15, 0.2) is 5.82 Å². The largest absolute Gasteiger partial charge is 0.507 e. The number of piperidine rings is 1. The second-order valence-corrected chi connectivity index (χ2v) is 9.52. The van der Waals surface area contributed by atoms with Crippen molar-refractivity contribution >= 4 is 5.82 Å². The normalized spacial score (nSPS) is 29.9. The van der Waals surface area contributed by atoms with Crippen LogP contribution in [0.25, 0.3) is 16.9 Å². The van der Waals surface area contributed by atoms with E-state index in [1.807, 2.05) is 44.1 Å². The molecule has 1 aromatic carbocycles. The van der Waals surface area contributed by atoms with Crippen molar-refractivity contribution in [3.8, 4) is 22.7 Å². The first kappa shape index (κ1) is 20.8. The highest BCUT2D eigenvalue weighted by Gasteiger charge is 2.60. The molecule has 2 aliphatic rings.